The van der Waals surface area contributed by atoms with Crippen LogP contribution in [0.25, 0.3) is 0 Å². The van der Waals surface area contributed by atoms with E-state index >= 15 is 0 Å². The molecule has 2 fully saturated rings. The van der Waals surface area contributed by atoms with Gasteiger partial charge in [-0.05, 0) is 56.4 Å². The van der Waals surface area contributed by atoms with E-state index in [1.165, 1.54) is 12.8 Å². The average molecular weight is 373 g/mol. The van der Waals surface area contributed by atoms with Crippen LogP contribution in [0.3, 0.4) is 0 Å². The van der Waals surface area contributed by atoms with Gasteiger partial charge in [-0.1, -0.05) is 15.9 Å². The van der Waals surface area contributed by atoms with Crippen LogP contribution >= 0.6 is 15.9 Å². The topological polar surface area (TPSA) is 49.4 Å². The van der Waals surface area contributed by atoms with E-state index in [4.69, 9.17) is 0 Å². The molecular weight excluding hydrogens is 352 g/mol. The molecule has 2 bridgehead atoms. The van der Waals surface area contributed by atoms with E-state index in [-0.39, 0.29) is 6.04 Å². The van der Waals surface area contributed by atoms with E-state index in [0.29, 0.717) is 17.0 Å². The van der Waals surface area contributed by atoms with Crippen molar-refractivity contribution in [2.75, 3.05) is 7.05 Å². The third-order valence-corrected chi connectivity index (χ3v) is 7.56. The number of nitrogens with one attached hydrogen (secondary N) is 1. The minimum atomic E-state index is -3.41. The number of hydrogen-bond acceptors (Lipinski definition) is 3. The second-order valence-corrected chi connectivity index (χ2v) is 9.05. The van der Waals surface area contributed by atoms with Gasteiger partial charge in [0.15, 0.2) is 0 Å². The van der Waals surface area contributed by atoms with E-state index < -0.39 is 10.0 Å². The Kier molecular flexibility index (Phi) is 4.16. The molecule has 1 N–H and O–H groups in total. The first-order valence-electron chi connectivity index (χ1n) is 7.38. The molecular formula is C15H21BrN2O2S. The third-order valence-electron chi connectivity index (χ3n) is 4.77. The van der Waals surface area contributed by atoms with Crippen LogP contribution in [0.15, 0.2) is 27.6 Å². The Morgan fingerprint density at radius 3 is 2.43 bits per heavy atom. The molecule has 2 aliphatic heterocycles. The Labute approximate surface area is 135 Å². The Morgan fingerprint density at radius 2 is 1.86 bits per heavy atom. The first-order valence-corrected chi connectivity index (χ1v) is 9.61. The molecule has 2 atom stereocenters. The summed E-state index contributed by atoms with van der Waals surface area (Å²) in [6.45, 7) is 1.91. The SMILES string of the molecule is Cc1cc(S(=O)(=O)N(C)C2CC3CCC(C2)N3)ccc1Br. The number of nitrogens with zero attached hydrogens (tertiary/aromatic N) is 1. The minimum Gasteiger partial charge on any atom is -0.311 e. The second-order valence-electron chi connectivity index (χ2n) is 6.20. The van der Waals surface area contributed by atoms with Crippen molar-refractivity contribution in [2.45, 2.75) is 55.6 Å². The van der Waals surface area contributed by atoms with Crippen LogP contribution in [0.5, 0.6) is 0 Å². The summed E-state index contributed by atoms with van der Waals surface area (Å²) in [5.74, 6) is 0. The fourth-order valence-corrected chi connectivity index (χ4v) is 5.17. The van der Waals surface area contributed by atoms with Crippen molar-refractivity contribution in [1.82, 2.24) is 9.62 Å². The van der Waals surface area contributed by atoms with E-state index in [0.717, 1.165) is 22.9 Å². The fraction of sp³-hybridized carbons (Fsp3) is 0.600. The number of aryl methyl sites for hydroxylation is 1. The van der Waals surface area contributed by atoms with Gasteiger partial charge in [0, 0.05) is 29.6 Å². The molecule has 2 aliphatic rings. The molecule has 0 spiro atoms. The van der Waals surface area contributed by atoms with Gasteiger partial charge in [-0.15, -0.1) is 0 Å². The number of piperidine rings is 1. The molecule has 6 heteroatoms. The Balaban J connectivity index is 1.85. The zero-order valence-electron chi connectivity index (χ0n) is 12.3. The maximum Gasteiger partial charge on any atom is 0.243 e. The molecule has 0 aromatic heterocycles. The van der Waals surface area contributed by atoms with Gasteiger partial charge in [0.25, 0.3) is 0 Å². The molecule has 3 rings (SSSR count). The summed E-state index contributed by atoms with van der Waals surface area (Å²) in [5, 5.41) is 3.56. The van der Waals surface area contributed by atoms with Gasteiger partial charge in [0.2, 0.25) is 10.0 Å². The van der Waals surface area contributed by atoms with E-state index in [2.05, 4.69) is 21.2 Å². The lowest BCUT2D eigenvalue weighted by Crippen LogP contribution is -2.48. The van der Waals surface area contributed by atoms with Crippen LogP contribution in [-0.2, 0) is 10.0 Å². The van der Waals surface area contributed by atoms with Gasteiger partial charge in [-0.2, -0.15) is 4.31 Å². The second kappa shape index (κ2) is 5.65. The lowest BCUT2D eigenvalue weighted by atomic mass is 10.0. The smallest absolute Gasteiger partial charge is 0.243 e. The molecule has 1 aromatic carbocycles. The van der Waals surface area contributed by atoms with Gasteiger partial charge in [-0.25, -0.2) is 8.42 Å². The van der Waals surface area contributed by atoms with Crippen molar-refractivity contribution in [1.29, 1.82) is 0 Å². The first kappa shape index (κ1) is 15.5. The van der Waals surface area contributed by atoms with Crippen molar-refractivity contribution in [3.63, 3.8) is 0 Å². The molecule has 2 unspecified atom stereocenters. The van der Waals surface area contributed by atoms with Crippen molar-refractivity contribution in [3.8, 4) is 0 Å². The van der Waals surface area contributed by atoms with Crippen LogP contribution in [0.4, 0.5) is 0 Å². The van der Waals surface area contributed by atoms with Gasteiger partial charge in [0.05, 0.1) is 4.90 Å². The monoisotopic (exact) mass is 372 g/mol. The third kappa shape index (κ3) is 2.91. The lowest BCUT2D eigenvalue weighted by Gasteiger charge is -2.34. The highest BCUT2D eigenvalue weighted by molar-refractivity contribution is 9.10. The van der Waals surface area contributed by atoms with Crippen LogP contribution in [0.2, 0.25) is 0 Å². The fourth-order valence-electron chi connectivity index (χ4n) is 3.46. The number of benzene rings is 1. The highest BCUT2D eigenvalue weighted by atomic mass is 79.9. The predicted octanol–water partition coefficient (Wildman–Crippen LogP) is 2.66. The average Bonchev–Trinajstić information content (AvgIpc) is 2.79. The standard InChI is InChI=1S/C15H21BrN2O2S/c1-10-7-14(5-6-15(10)16)21(19,20)18(2)13-8-11-3-4-12(9-13)17-11/h5-7,11-13,17H,3-4,8-9H2,1-2H3. The Morgan fingerprint density at radius 1 is 1.24 bits per heavy atom. The summed E-state index contributed by atoms with van der Waals surface area (Å²) >= 11 is 3.42. The summed E-state index contributed by atoms with van der Waals surface area (Å²) in [7, 11) is -1.69. The highest BCUT2D eigenvalue weighted by Crippen LogP contribution is 2.32. The van der Waals surface area contributed by atoms with Crippen molar-refractivity contribution in [2.24, 2.45) is 0 Å². The molecule has 4 nitrogen and oxygen atoms in total. The summed E-state index contributed by atoms with van der Waals surface area (Å²) in [4.78, 5) is 0.386. The summed E-state index contributed by atoms with van der Waals surface area (Å²) in [6, 6.07) is 6.31. The van der Waals surface area contributed by atoms with E-state index in [9.17, 15) is 8.42 Å². The van der Waals surface area contributed by atoms with Gasteiger partial charge in [-0.3, -0.25) is 0 Å². The zero-order chi connectivity index (χ0) is 15.2. The van der Waals surface area contributed by atoms with Gasteiger partial charge >= 0.3 is 0 Å². The number of fused-ring (bicyclic) bond motifs is 2. The van der Waals surface area contributed by atoms with Crippen LogP contribution in [0, 0.1) is 6.92 Å². The number of sulfonamides is 1. The Bertz CT molecular complexity index is 635. The van der Waals surface area contributed by atoms with Crippen molar-refractivity contribution in [3.05, 3.63) is 28.2 Å². The van der Waals surface area contributed by atoms with Gasteiger partial charge in [0.1, 0.15) is 0 Å². The van der Waals surface area contributed by atoms with E-state index in [1.54, 1.807) is 23.5 Å². The molecule has 0 aliphatic carbocycles. The number of halogens is 1. The largest absolute Gasteiger partial charge is 0.311 e. The molecule has 1 aromatic rings. The summed E-state index contributed by atoms with van der Waals surface area (Å²) < 4.78 is 28.2. The quantitative estimate of drug-likeness (QED) is 0.886. The molecule has 0 radical (unpaired) electrons. The molecule has 0 saturated carbocycles. The first-order chi connectivity index (χ1) is 9.88. The lowest BCUT2D eigenvalue weighted by molar-refractivity contribution is 0.251. The summed E-state index contributed by atoms with van der Waals surface area (Å²) in [6.07, 6.45) is 4.18. The molecule has 21 heavy (non-hydrogen) atoms. The van der Waals surface area contributed by atoms with E-state index in [1.807, 2.05) is 13.0 Å². The normalized spacial score (nSPS) is 29.0. The maximum absolute atomic E-state index is 12.8. The van der Waals surface area contributed by atoms with Crippen molar-refractivity contribution < 1.29 is 8.42 Å². The molecule has 116 valence electrons. The predicted molar refractivity (Wildman–Crippen MR) is 86.8 cm³/mol. The van der Waals surface area contributed by atoms with Crippen LogP contribution in [0.1, 0.15) is 31.2 Å². The maximum atomic E-state index is 12.8. The number of rotatable bonds is 3. The van der Waals surface area contributed by atoms with Crippen LogP contribution in [-0.4, -0.2) is 37.9 Å². The van der Waals surface area contributed by atoms with Gasteiger partial charge < -0.3 is 5.32 Å². The number of hydrogen-bond donors (Lipinski definition) is 1. The molecule has 0 amide bonds. The molecule has 2 heterocycles. The minimum absolute atomic E-state index is 0.109. The zero-order valence-corrected chi connectivity index (χ0v) is 14.7. The molecule has 2 saturated heterocycles. The highest BCUT2D eigenvalue weighted by Gasteiger charge is 2.38. The van der Waals surface area contributed by atoms with Crippen molar-refractivity contribution >= 4 is 26.0 Å². The Hall–Kier alpha value is -0.430. The summed E-state index contributed by atoms with van der Waals surface area (Å²) in [5.41, 5.74) is 0.940. The van der Waals surface area contributed by atoms with Crippen LogP contribution < -0.4 is 5.32 Å².